The Morgan fingerprint density at radius 3 is 1.89 bits per heavy atom. The van der Waals surface area contributed by atoms with E-state index in [4.69, 9.17) is 5.73 Å². The first kappa shape index (κ1) is 12.2. The van der Waals surface area contributed by atoms with Crippen LogP contribution in [0.2, 0.25) is 0 Å². The summed E-state index contributed by atoms with van der Waals surface area (Å²) in [5, 5.41) is 4.64. The number of rotatable bonds is 3. The van der Waals surface area contributed by atoms with E-state index in [0.717, 1.165) is 0 Å². The van der Waals surface area contributed by atoms with E-state index >= 15 is 0 Å². The molecule has 4 nitrogen and oxygen atoms in total. The van der Waals surface area contributed by atoms with E-state index in [2.05, 4.69) is 5.14 Å². The molecule has 0 saturated carbocycles. The third kappa shape index (κ3) is 11.8. The molecule has 0 bridgehead atoms. The summed E-state index contributed by atoms with van der Waals surface area (Å²) in [4.78, 5) is 0. The van der Waals surface area contributed by atoms with Gasteiger partial charge in [-0.05, 0) is 13.0 Å². The van der Waals surface area contributed by atoms with E-state index in [1.165, 1.54) is 0 Å². The second-order valence-electron chi connectivity index (χ2n) is 1.51. The van der Waals surface area contributed by atoms with E-state index in [0.29, 0.717) is 13.0 Å². The van der Waals surface area contributed by atoms with Crippen LogP contribution in [0.15, 0.2) is 0 Å². The average molecular weight is 146 g/mol. The number of nitrogens with two attached hydrogens (primary N) is 2. The summed E-state index contributed by atoms with van der Waals surface area (Å²) in [6.45, 7) is 0.371. The van der Waals surface area contributed by atoms with Gasteiger partial charge in [0.1, 0.15) is 0 Å². The van der Waals surface area contributed by atoms with Crippen LogP contribution in [0.5, 0.6) is 0 Å². The van der Waals surface area contributed by atoms with Crippen molar-refractivity contribution in [3.63, 3.8) is 0 Å². The fourth-order valence-corrected chi connectivity index (χ4v) is 0.854. The van der Waals surface area contributed by atoms with E-state index in [-0.39, 0.29) is 24.6 Å². The second kappa shape index (κ2) is 5.27. The summed E-state index contributed by atoms with van der Waals surface area (Å²) in [5.74, 6) is -0.0104. The van der Waals surface area contributed by atoms with Crippen molar-refractivity contribution in [3.05, 3.63) is 0 Å². The number of hydrogen-bond acceptors (Lipinski definition) is 3. The van der Waals surface area contributed by atoms with Crippen molar-refractivity contribution < 1.29 is 8.42 Å². The van der Waals surface area contributed by atoms with Crippen LogP contribution in [0.3, 0.4) is 0 Å². The molecule has 0 unspecified atom stereocenters. The van der Waals surface area contributed by atoms with Crippen LogP contribution in [0.4, 0.5) is 0 Å². The van der Waals surface area contributed by atoms with Crippen molar-refractivity contribution in [1.82, 2.24) is 0 Å². The summed E-state index contributed by atoms with van der Waals surface area (Å²) in [7, 11) is -3.27. The molecule has 0 aliphatic carbocycles. The van der Waals surface area contributed by atoms with Gasteiger partial charge in [-0.2, -0.15) is 0 Å². The van der Waals surface area contributed by atoms with Crippen molar-refractivity contribution in [2.45, 2.75) is 6.42 Å². The molecule has 0 heterocycles. The molecule has 9 heavy (non-hydrogen) atoms. The van der Waals surface area contributed by atoms with E-state index in [1.54, 1.807) is 0 Å². The van der Waals surface area contributed by atoms with Crippen molar-refractivity contribution in [1.29, 1.82) is 0 Å². The Hall–Kier alpha value is 0.467. The zero-order chi connectivity index (χ0) is 6.62. The molecule has 0 aromatic heterocycles. The molecular formula is C3H11LiN2O2S. The van der Waals surface area contributed by atoms with Crippen molar-refractivity contribution in [2.75, 3.05) is 12.3 Å². The van der Waals surface area contributed by atoms with E-state index < -0.39 is 10.0 Å². The summed E-state index contributed by atoms with van der Waals surface area (Å²) >= 11 is 0. The molecule has 0 saturated heterocycles. The molecule has 0 aliphatic rings. The minimum absolute atomic E-state index is 0. The quantitative estimate of drug-likeness (QED) is 0.450. The molecule has 0 rings (SSSR count). The molecule has 0 spiro atoms. The first-order valence-electron chi connectivity index (χ1n) is 2.27. The first-order chi connectivity index (χ1) is 3.56. The number of primary sulfonamides is 1. The van der Waals surface area contributed by atoms with Crippen LogP contribution in [0.25, 0.3) is 0 Å². The zero-order valence-corrected chi connectivity index (χ0v) is 5.32. The second-order valence-corrected chi connectivity index (χ2v) is 3.24. The van der Waals surface area contributed by atoms with Crippen LogP contribution < -0.4 is 10.9 Å². The normalized spacial score (nSPS) is 10.4. The maximum atomic E-state index is 10.1. The van der Waals surface area contributed by atoms with Gasteiger partial charge in [0, 0.05) is 0 Å². The zero-order valence-electron chi connectivity index (χ0n) is 4.50. The summed E-state index contributed by atoms with van der Waals surface area (Å²) in [5.41, 5.74) is 5.02. The van der Waals surface area contributed by atoms with Gasteiger partial charge in [0.2, 0.25) is 10.0 Å². The predicted octanol–water partition coefficient (Wildman–Crippen LogP) is -2.02. The fourth-order valence-electron chi connectivity index (χ4n) is 0.285. The van der Waals surface area contributed by atoms with Gasteiger partial charge in [-0.1, -0.05) is 0 Å². The van der Waals surface area contributed by atoms with Crippen LogP contribution >= 0.6 is 0 Å². The number of hydrogen-bond donors (Lipinski definition) is 2. The Balaban J connectivity index is 0. The van der Waals surface area contributed by atoms with Crippen molar-refractivity contribution in [3.8, 4) is 0 Å². The topological polar surface area (TPSA) is 86.2 Å². The Labute approximate surface area is 67.2 Å². The van der Waals surface area contributed by atoms with E-state index in [1.807, 2.05) is 0 Å². The summed E-state index contributed by atoms with van der Waals surface area (Å²) in [6.07, 6.45) is 0.443. The van der Waals surface area contributed by atoms with Gasteiger partial charge in [-0.3, -0.25) is 0 Å². The van der Waals surface area contributed by atoms with Crippen LogP contribution in [0, 0.1) is 0 Å². The first-order valence-corrected chi connectivity index (χ1v) is 3.98. The third-order valence-corrected chi connectivity index (χ3v) is 1.49. The Morgan fingerprint density at radius 1 is 1.33 bits per heavy atom. The van der Waals surface area contributed by atoms with Gasteiger partial charge in [-0.25, -0.2) is 13.6 Å². The fraction of sp³-hybridized carbons (Fsp3) is 1.00. The standard InChI is InChI=1S/C3H10N2O2S.Li.H/c4-2-1-3-8(5,6)7;;/h1-4H2,(H2,5,6,7);;. The van der Waals surface area contributed by atoms with Crippen LogP contribution in [0.1, 0.15) is 6.42 Å². The Bertz CT molecular complexity index is 144. The predicted molar refractivity (Wildman–Crippen MR) is 38.8 cm³/mol. The number of sulfonamides is 1. The molecule has 4 N–H and O–H groups in total. The van der Waals surface area contributed by atoms with Crippen LogP contribution in [-0.2, 0) is 10.0 Å². The molecule has 0 aromatic rings. The molecule has 0 aliphatic heterocycles. The average Bonchev–Trinajstić information content (AvgIpc) is 1.59. The van der Waals surface area contributed by atoms with Crippen molar-refractivity contribution >= 4 is 28.9 Å². The SMILES string of the molecule is NCCCS(N)(=O)=O.[LiH]. The van der Waals surface area contributed by atoms with Crippen LogP contribution in [-0.4, -0.2) is 39.6 Å². The Kier molecular flexibility index (Phi) is 7.12. The van der Waals surface area contributed by atoms with Gasteiger partial charge in [0.25, 0.3) is 0 Å². The van der Waals surface area contributed by atoms with Gasteiger partial charge in [0.05, 0.1) is 5.75 Å². The molecule has 52 valence electrons. The van der Waals surface area contributed by atoms with Gasteiger partial charge >= 0.3 is 18.9 Å². The van der Waals surface area contributed by atoms with E-state index in [9.17, 15) is 8.42 Å². The molecule has 0 atom stereocenters. The van der Waals surface area contributed by atoms with Crippen molar-refractivity contribution in [2.24, 2.45) is 10.9 Å². The molecule has 0 amide bonds. The van der Waals surface area contributed by atoms with Gasteiger partial charge in [0.15, 0.2) is 0 Å². The summed E-state index contributed by atoms with van der Waals surface area (Å²) < 4.78 is 20.2. The molecular weight excluding hydrogens is 135 g/mol. The molecule has 0 radical (unpaired) electrons. The summed E-state index contributed by atoms with van der Waals surface area (Å²) in [6, 6.07) is 0. The Morgan fingerprint density at radius 2 is 1.78 bits per heavy atom. The monoisotopic (exact) mass is 146 g/mol. The van der Waals surface area contributed by atoms with Gasteiger partial charge < -0.3 is 5.73 Å². The molecule has 6 heteroatoms. The van der Waals surface area contributed by atoms with Gasteiger partial charge in [-0.15, -0.1) is 0 Å². The minimum atomic E-state index is -3.27. The molecule has 0 aromatic carbocycles. The molecule has 0 fully saturated rings. The third-order valence-electron chi connectivity index (χ3n) is 0.633. The maximum absolute atomic E-state index is 10.1.